The summed E-state index contributed by atoms with van der Waals surface area (Å²) in [6, 6.07) is 1.59. The van der Waals surface area contributed by atoms with Crippen LogP contribution in [0.4, 0.5) is 0 Å². The van der Waals surface area contributed by atoms with Crippen LogP contribution in [0.15, 0.2) is 5.57 Å². The van der Waals surface area contributed by atoms with Gasteiger partial charge in [-0.3, -0.25) is 4.79 Å². The molecule has 2 N–H and O–H groups in total. The highest BCUT2D eigenvalue weighted by Gasteiger charge is 2.12. The third-order valence-electron chi connectivity index (χ3n) is 2.29. The smallest absolute Gasteiger partial charge is 0.346 e. The third kappa shape index (κ3) is 2.01. The Hall–Kier alpha value is -2.35. The molecule has 0 radical (unpaired) electrons. The quantitative estimate of drug-likeness (QED) is 0.456. The van der Waals surface area contributed by atoms with Crippen LogP contribution in [-0.2, 0) is 4.79 Å². The molecule has 1 aromatic rings. The summed E-state index contributed by atoms with van der Waals surface area (Å²) in [5, 5.41) is 17.3. The number of aromatic nitrogens is 1. The zero-order valence-corrected chi connectivity index (χ0v) is 8.87. The molecule has 0 fully saturated rings. The average Bonchev–Trinajstić information content (AvgIpc) is 2.51. The molecule has 1 aromatic heterocycles. The molecule has 0 aromatic carbocycles. The van der Waals surface area contributed by atoms with Crippen molar-refractivity contribution in [1.29, 1.82) is 5.26 Å². The first-order valence-electron chi connectivity index (χ1n) is 4.50. The standard InChI is InChI=1S/C11H10N2O3/c1-6-9(3-8(4-12)11(15)16)7(2)13-10(6)5-14/h3,5,13H,1-2H3,(H,15,16)/b8-3+. The minimum atomic E-state index is -1.28. The number of carboxylic acids is 1. The zero-order valence-electron chi connectivity index (χ0n) is 8.87. The van der Waals surface area contributed by atoms with Gasteiger partial charge in [0.05, 0.1) is 5.69 Å². The Labute approximate surface area is 92.0 Å². The molecule has 1 heterocycles. The van der Waals surface area contributed by atoms with Crippen LogP contribution < -0.4 is 0 Å². The van der Waals surface area contributed by atoms with Crippen molar-refractivity contribution in [1.82, 2.24) is 4.98 Å². The second-order valence-corrected chi connectivity index (χ2v) is 3.30. The van der Waals surface area contributed by atoms with E-state index >= 15 is 0 Å². The maximum Gasteiger partial charge on any atom is 0.346 e. The number of carboxylic acid groups (broad SMARTS) is 1. The molecule has 0 spiro atoms. The monoisotopic (exact) mass is 218 g/mol. The normalized spacial score (nSPS) is 10.9. The molecule has 0 aliphatic rings. The number of rotatable bonds is 3. The number of nitrogens with zero attached hydrogens (tertiary/aromatic N) is 1. The molecule has 1 rings (SSSR count). The highest BCUT2D eigenvalue weighted by Crippen LogP contribution is 2.19. The second kappa shape index (κ2) is 4.45. The Morgan fingerprint density at radius 1 is 1.50 bits per heavy atom. The lowest BCUT2D eigenvalue weighted by Gasteiger charge is -1.95. The van der Waals surface area contributed by atoms with E-state index in [1.807, 2.05) is 0 Å². The Bertz CT molecular complexity index is 518. The van der Waals surface area contributed by atoms with E-state index in [9.17, 15) is 9.59 Å². The third-order valence-corrected chi connectivity index (χ3v) is 2.29. The molecule has 0 bridgehead atoms. The van der Waals surface area contributed by atoms with Gasteiger partial charge in [-0.05, 0) is 25.5 Å². The van der Waals surface area contributed by atoms with Crippen LogP contribution in [0.3, 0.4) is 0 Å². The van der Waals surface area contributed by atoms with Crippen molar-refractivity contribution < 1.29 is 14.7 Å². The van der Waals surface area contributed by atoms with E-state index in [1.54, 1.807) is 19.9 Å². The van der Waals surface area contributed by atoms with Gasteiger partial charge in [0, 0.05) is 11.3 Å². The summed E-state index contributed by atoms with van der Waals surface area (Å²) in [6.07, 6.45) is 1.92. The fourth-order valence-corrected chi connectivity index (χ4v) is 1.41. The number of carbonyl (C=O) groups excluding carboxylic acids is 1. The molecule has 5 nitrogen and oxygen atoms in total. The molecular weight excluding hydrogens is 208 g/mol. The van der Waals surface area contributed by atoms with Crippen molar-refractivity contribution in [2.75, 3.05) is 0 Å². The fraction of sp³-hybridized carbons (Fsp3) is 0.182. The highest BCUT2D eigenvalue weighted by molar-refractivity contribution is 5.97. The number of carbonyl (C=O) groups is 2. The summed E-state index contributed by atoms with van der Waals surface area (Å²) < 4.78 is 0. The Morgan fingerprint density at radius 2 is 2.12 bits per heavy atom. The molecule has 16 heavy (non-hydrogen) atoms. The van der Waals surface area contributed by atoms with Gasteiger partial charge in [-0.1, -0.05) is 0 Å². The molecule has 0 amide bonds. The fourth-order valence-electron chi connectivity index (χ4n) is 1.41. The molecule has 0 atom stereocenters. The first-order chi connectivity index (χ1) is 7.51. The summed E-state index contributed by atoms with van der Waals surface area (Å²) >= 11 is 0. The van der Waals surface area contributed by atoms with Gasteiger partial charge in [0.1, 0.15) is 11.6 Å². The minimum absolute atomic E-state index is 0.359. The molecule has 0 unspecified atom stereocenters. The highest BCUT2D eigenvalue weighted by atomic mass is 16.4. The van der Waals surface area contributed by atoms with Crippen LogP contribution >= 0.6 is 0 Å². The number of nitriles is 1. The molecular formula is C11H10N2O3. The van der Waals surface area contributed by atoms with Gasteiger partial charge in [-0.25, -0.2) is 4.79 Å². The predicted octanol–water partition coefficient (Wildman–Crippen LogP) is 1.44. The van der Waals surface area contributed by atoms with Crippen LogP contribution in [0.1, 0.15) is 27.3 Å². The number of aromatic amines is 1. The Kier molecular flexibility index (Phi) is 3.26. The molecule has 0 saturated carbocycles. The van der Waals surface area contributed by atoms with Crippen molar-refractivity contribution in [3.63, 3.8) is 0 Å². The first-order valence-corrected chi connectivity index (χ1v) is 4.50. The van der Waals surface area contributed by atoms with Crippen LogP contribution in [0.25, 0.3) is 6.08 Å². The summed E-state index contributed by atoms with van der Waals surface area (Å²) in [7, 11) is 0. The van der Waals surface area contributed by atoms with E-state index in [0.29, 0.717) is 28.8 Å². The maximum absolute atomic E-state index is 10.7. The molecule has 0 aliphatic heterocycles. The van der Waals surface area contributed by atoms with E-state index in [1.165, 1.54) is 6.08 Å². The van der Waals surface area contributed by atoms with Crippen LogP contribution in [0, 0.1) is 25.2 Å². The van der Waals surface area contributed by atoms with Crippen molar-refractivity contribution in [2.24, 2.45) is 0 Å². The first kappa shape index (κ1) is 11.7. The topological polar surface area (TPSA) is 94.0 Å². The number of aliphatic carboxylic acids is 1. The van der Waals surface area contributed by atoms with Crippen molar-refractivity contribution in [2.45, 2.75) is 13.8 Å². The van der Waals surface area contributed by atoms with E-state index in [4.69, 9.17) is 10.4 Å². The Morgan fingerprint density at radius 3 is 2.50 bits per heavy atom. The van der Waals surface area contributed by atoms with Gasteiger partial charge in [0.15, 0.2) is 6.29 Å². The number of aryl methyl sites for hydroxylation is 1. The SMILES string of the molecule is Cc1[nH]c(C=O)c(C)c1/C=C(\C#N)C(=O)O. The van der Waals surface area contributed by atoms with Crippen molar-refractivity contribution in [3.05, 3.63) is 28.1 Å². The van der Waals surface area contributed by atoms with Crippen molar-refractivity contribution in [3.8, 4) is 6.07 Å². The van der Waals surface area contributed by atoms with E-state index in [0.717, 1.165) is 0 Å². The largest absolute Gasteiger partial charge is 0.477 e. The molecule has 0 aliphatic carbocycles. The number of aldehydes is 1. The zero-order chi connectivity index (χ0) is 12.3. The number of H-pyrrole nitrogens is 1. The second-order valence-electron chi connectivity index (χ2n) is 3.30. The summed E-state index contributed by atoms with van der Waals surface area (Å²) in [4.78, 5) is 24.1. The van der Waals surface area contributed by atoms with Gasteiger partial charge >= 0.3 is 5.97 Å². The lowest BCUT2D eigenvalue weighted by molar-refractivity contribution is -0.132. The van der Waals surface area contributed by atoms with Gasteiger partial charge in [-0.2, -0.15) is 5.26 Å². The predicted molar refractivity (Wildman–Crippen MR) is 56.9 cm³/mol. The van der Waals surface area contributed by atoms with Crippen molar-refractivity contribution >= 4 is 18.3 Å². The van der Waals surface area contributed by atoms with E-state index in [-0.39, 0.29) is 5.57 Å². The molecule has 82 valence electrons. The number of hydrogen-bond donors (Lipinski definition) is 2. The minimum Gasteiger partial charge on any atom is -0.477 e. The van der Waals surface area contributed by atoms with E-state index < -0.39 is 5.97 Å². The van der Waals surface area contributed by atoms with Gasteiger partial charge < -0.3 is 10.1 Å². The van der Waals surface area contributed by atoms with Crippen LogP contribution in [0.5, 0.6) is 0 Å². The van der Waals surface area contributed by atoms with Gasteiger partial charge in [0.25, 0.3) is 0 Å². The van der Waals surface area contributed by atoms with Crippen LogP contribution in [0.2, 0.25) is 0 Å². The number of hydrogen-bond acceptors (Lipinski definition) is 3. The average molecular weight is 218 g/mol. The number of nitrogens with one attached hydrogen (secondary N) is 1. The van der Waals surface area contributed by atoms with E-state index in [2.05, 4.69) is 4.98 Å². The van der Waals surface area contributed by atoms with Gasteiger partial charge in [0.2, 0.25) is 0 Å². The summed E-state index contributed by atoms with van der Waals surface area (Å²) in [6.45, 7) is 3.40. The lowest BCUT2D eigenvalue weighted by Crippen LogP contribution is -1.97. The maximum atomic E-state index is 10.7. The Balaban J connectivity index is 3.35. The summed E-state index contributed by atoms with van der Waals surface area (Å²) in [5.74, 6) is -1.28. The molecule has 5 heteroatoms. The summed E-state index contributed by atoms with van der Waals surface area (Å²) in [5.41, 5.74) is 1.91. The lowest BCUT2D eigenvalue weighted by atomic mass is 10.1. The van der Waals surface area contributed by atoms with Crippen LogP contribution in [-0.4, -0.2) is 22.3 Å². The van der Waals surface area contributed by atoms with Gasteiger partial charge in [-0.15, -0.1) is 0 Å². The molecule has 0 saturated heterocycles.